The molecule has 1 aliphatic heterocycles. The first-order valence-electron chi connectivity index (χ1n) is 6.45. The number of amides is 3. The normalized spacial score (nSPS) is 18.4. The number of hydrogen-bond acceptors (Lipinski definition) is 3. The molecule has 1 saturated heterocycles. The molecule has 2 rings (SSSR count). The third-order valence-corrected chi connectivity index (χ3v) is 3.30. The maximum absolute atomic E-state index is 12.1. The lowest BCUT2D eigenvalue weighted by Crippen LogP contribution is -2.56. The van der Waals surface area contributed by atoms with Crippen molar-refractivity contribution in [1.29, 1.82) is 0 Å². The standard InChI is InChI=1S/C14H17N3O3/c1-9-13(19)15-7-8-17(9)14(20)16-12-5-3-11(4-6-12)10(2)18/h3-6,9H,7-8H2,1-2H3,(H,15,19)(H,16,20). The molecule has 20 heavy (non-hydrogen) atoms. The Hall–Kier alpha value is -2.37. The highest BCUT2D eigenvalue weighted by Gasteiger charge is 2.29. The number of hydrogen-bond donors (Lipinski definition) is 2. The first-order valence-corrected chi connectivity index (χ1v) is 6.45. The number of carbonyl (C=O) groups excluding carboxylic acids is 3. The zero-order chi connectivity index (χ0) is 14.7. The van der Waals surface area contributed by atoms with Crippen LogP contribution >= 0.6 is 0 Å². The predicted octanol–water partition coefficient (Wildman–Crippen LogP) is 1.24. The summed E-state index contributed by atoms with van der Waals surface area (Å²) < 4.78 is 0. The monoisotopic (exact) mass is 275 g/mol. The molecule has 1 unspecified atom stereocenters. The summed E-state index contributed by atoms with van der Waals surface area (Å²) in [6.07, 6.45) is 0. The van der Waals surface area contributed by atoms with E-state index in [-0.39, 0.29) is 17.7 Å². The number of Topliss-reactive ketones (excluding diaryl/α,β-unsaturated/α-hetero) is 1. The van der Waals surface area contributed by atoms with Crippen LogP contribution in [0.25, 0.3) is 0 Å². The van der Waals surface area contributed by atoms with E-state index in [0.29, 0.717) is 24.3 Å². The van der Waals surface area contributed by atoms with Crippen LogP contribution in [0.4, 0.5) is 10.5 Å². The molecule has 6 heteroatoms. The zero-order valence-electron chi connectivity index (χ0n) is 11.5. The van der Waals surface area contributed by atoms with Crippen molar-refractivity contribution < 1.29 is 14.4 Å². The highest BCUT2D eigenvalue weighted by Crippen LogP contribution is 2.12. The van der Waals surface area contributed by atoms with E-state index >= 15 is 0 Å². The molecule has 0 spiro atoms. The highest BCUT2D eigenvalue weighted by atomic mass is 16.2. The Morgan fingerprint density at radius 3 is 2.55 bits per heavy atom. The van der Waals surface area contributed by atoms with Gasteiger partial charge in [0.1, 0.15) is 6.04 Å². The summed E-state index contributed by atoms with van der Waals surface area (Å²) in [5.41, 5.74) is 1.19. The topological polar surface area (TPSA) is 78.5 Å². The predicted molar refractivity (Wildman–Crippen MR) is 74.6 cm³/mol. The molecule has 0 radical (unpaired) electrons. The van der Waals surface area contributed by atoms with Crippen molar-refractivity contribution in [3.05, 3.63) is 29.8 Å². The van der Waals surface area contributed by atoms with Gasteiger partial charge in [-0.25, -0.2) is 4.79 Å². The quantitative estimate of drug-likeness (QED) is 0.797. The molecule has 0 aliphatic carbocycles. The Kier molecular flexibility index (Phi) is 4.02. The maximum atomic E-state index is 12.1. The van der Waals surface area contributed by atoms with Crippen LogP contribution in [0.3, 0.4) is 0 Å². The van der Waals surface area contributed by atoms with Crippen LogP contribution in [0.2, 0.25) is 0 Å². The first kappa shape index (κ1) is 14.0. The molecule has 1 atom stereocenters. The third kappa shape index (κ3) is 2.96. The average Bonchev–Trinajstić information content (AvgIpc) is 2.42. The minimum atomic E-state index is -0.486. The molecule has 1 heterocycles. The number of urea groups is 1. The van der Waals surface area contributed by atoms with Crippen LogP contribution in [0.5, 0.6) is 0 Å². The molecule has 1 aromatic carbocycles. The van der Waals surface area contributed by atoms with Crippen molar-refractivity contribution in [3.63, 3.8) is 0 Å². The van der Waals surface area contributed by atoms with Gasteiger partial charge in [-0.3, -0.25) is 9.59 Å². The van der Waals surface area contributed by atoms with Crippen LogP contribution in [0.1, 0.15) is 24.2 Å². The lowest BCUT2D eigenvalue weighted by atomic mass is 10.1. The van der Waals surface area contributed by atoms with Gasteiger partial charge in [-0.2, -0.15) is 0 Å². The Bertz CT molecular complexity index is 539. The molecule has 3 amide bonds. The van der Waals surface area contributed by atoms with Crippen LogP contribution < -0.4 is 10.6 Å². The SMILES string of the molecule is CC(=O)c1ccc(NC(=O)N2CCNC(=O)C2C)cc1. The largest absolute Gasteiger partial charge is 0.353 e. The molecule has 0 aromatic heterocycles. The summed E-state index contributed by atoms with van der Waals surface area (Å²) in [5, 5.41) is 5.43. The zero-order valence-corrected chi connectivity index (χ0v) is 11.5. The number of nitrogens with zero attached hydrogens (tertiary/aromatic N) is 1. The number of carbonyl (C=O) groups is 3. The van der Waals surface area contributed by atoms with Gasteiger partial charge in [0.05, 0.1) is 0 Å². The summed E-state index contributed by atoms with van der Waals surface area (Å²) in [7, 11) is 0. The van der Waals surface area contributed by atoms with Crippen molar-refractivity contribution in [1.82, 2.24) is 10.2 Å². The second kappa shape index (κ2) is 5.73. The van der Waals surface area contributed by atoms with Crippen LogP contribution in [-0.2, 0) is 4.79 Å². The van der Waals surface area contributed by atoms with Crippen LogP contribution in [0, 0.1) is 0 Å². The van der Waals surface area contributed by atoms with Crippen molar-refractivity contribution in [2.75, 3.05) is 18.4 Å². The molecule has 2 N–H and O–H groups in total. The summed E-state index contributed by atoms with van der Waals surface area (Å²) in [4.78, 5) is 36.3. The van der Waals surface area contributed by atoms with Crippen molar-refractivity contribution in [3.8, 4) is 0 Å². The Morgan fingerprint density at radius 2 is 1.95 bits per heavy atom. The summed E-state index contributed by atoms with van der Waals surface area (Å²) in [6, 6.07) is 5.85. The van der Waals surface area contributed by atoms with Gasteiger partial charge in [-0.15, -0.1) is 0 Å². The molecule has 1 aromatic rings. The molecule has 106 valence electrons. The number of nitrogens with one attached hydrogen (secondary N) is 2. The van der Waals surface area contributed by atoms with Crippen LogP contribution in [-0.4, -0.2) is 41.8 Å². The summed E-state index contributed by atoms with van der Waals surface area (Å²) in [5.74, 6) is -0.178. The number of benzene rings is 1. The fourth-order valence-corrected chi connectivity index (χ4v) is 2.04. The van der Waals surface area contributed by atoms with Gasteiger partial charge in [0, 0.05) is 24.3 Å². The second-order valence-corrected chi connectivity index (χ2v) is 4.72. The van der Waals surface area contributed by atoms with E-state index in [1.165, 1.54) is 11.8 Å². The van der Waals surface area contributed by atoms with Gasteiger partial charge in [-0.1, -0.05) is 0 Å². The van der Waals surface area contributed by atoms with E-state index in [1.807, 2.05) is 0 Å². The number of rotatable bonds is 2. The maximum Gasteiger partial charge on any atom is 0.322 e. The van der Waals surface area contributed by atoms with Crippen molar-refractivity contribution in [2.24, 2.45) is 0 Å². The molecule has 6 nitrogen and oxygen atoms in total. The Balaban J connectivity index is 2.03. The number of anilines is 1. The summed E-state index contributed by atoms with van der Waals surface area (Å²) >= 11 is 0. The smallest absolute Gasteiger partial charge is 0.322 e. The minimum Gasteiger partial charge on any atom is -0.353 e. The molecule has 0 bridgehead atoms. The molecule has 1 fully saturated rings. The fraction of sp³-hybridized carbons (Fsp3) is 0.357. The Labute approximate surface area is 117 Å². The van der Waals surface area contributed by atoms with Crippen LogP contribution in [0.15, 0.2) is 24.3 Å². The lowest BCUT2D eigenvalue weighted by Gasteiger charge is -2.32. The van der Waals surface area contributed by atoms with E-state index in [9.17, 15) is 14.4 Å². The van der Waals surface area contributed by atoms with E-state index in [4.69, 9.17) is 0 Å². The van der Waals surface area contributed by atoms with Gasteiger partial charge >= 0.3 is 6.03 Å². The van der Waals surface area contributed by atoms with E-state index in [2.05, 4.69) is 10.6 Å². The van der Waals surface area contributed by atoms with E-state index in [1.54, 1.807) is 31.2 Å². The van der Waals surface area contributed by atoms with Gasteiger partial charge in [-0.05, 0) is 38.1 Å². The summed E-state index contributed by atoms with van der Waals surface area (Å²) in [6.45, 7) is 4.11. The van der Waals surface area contributed by atoms with Crippen molar-refractivity contribution >= 4 is 23.4 Å². The van der Waals surface area contributed by atoms with Gasteiger partial charge in [0.15, 0.2) is 5.78 Å². The fourth-order valence-electron chi connectivity index (χ4n) is 2.04. The molecule has 0 saturated carbocycles. The molecule has 1 aliphatic rings. The number of ketones is 1. The Morgan fingerprint density at radius 1 is 1.30 bits per heavy atom. The second-order valence-electron chi connectivity index (χ2n) is 4.72. The molecular weight excluding hydrogens is 258 g/mol. The van der Waals surface area contributed by atoms with E-state index in [0.717, 1.165) is 0 Å². The van der Waals surface area contributed by atoms with E-state index < -0.39 is 6.04 Å². The lowest BCUT2D eigenvalue weighted by molar-refractivity contribution is -0.126. The van der Waals surface area contributed by atoms with Gasteiger partial charge in [0.25, 0.3) is 0 Å². The highest BCUT2D eigenvalue weighted by molar-refractivity contribution is 5.96. The minimum absolute atomic E-state index is 0.0239. The average molecular weight is 275 g/mol. The van der Waals surface area contributed by atoms with Gasteiger partial charge < -0.3 is 15.5 Å². The first-order chi connectivity index (χ1) is 9.49. The molecular formula is C14H17N3O3. The third-order valence-electron chi connectivity index (χ3n) is 3.30. The van der Waals surface area contributed by atoms with Gasteiger partial charge in [0.2, 0.25) is 5.91 Å². The number of piperazine rings is 1. The van der Waals surface area contributed by atoms with Crippen molar-refractivity contribution in [2.45, 2.75) is 19.9 Å².